The molecule has 0 spiro atoms. The Morgan fingerprint density at radius 3 is 3.06 bits per heavy atom. The number of carboxylic acid groups (broad SMARTS) is 1. The highest BCUT2D eigenvalue weighted by atomic mass is 35.5. The Labute approximate surface area is 104 Å². The summed E-state index contributed by atoms with van der Waals surface area (Å²) in [5.41, 5.74) is 1.11. The first-order chi connectivity index (χ1) is 7.59. The molecule has 1 aromatic rings. The van der Waals surface area contributed by atoms with E-state index >= 15 is 0 Å². The molecule has 5 heteroatoms. The zero-order chi connectivity index (χ0) is 11.7. The van der Waals surface area contributed by atoms with Crippen molar-refractivity contribution in [1.82, 2.24) is 4.90 Å². The van der Waals surface area contributed by atoms with Crippen LogP contribution in [0, 0.1) is 0 Å². The molecule has 1 aliphatic heterocycles. The van der Waals surface area contributed by atoms with Crippen molar-refractivity contribution in [1.29, 1.82) is 0 Å². The molecule has 0 saturated carbocycles. The fourth-order valence-electron chi connectivity index (χ4n) is 2.25. The maximum absolute atomic E-state index is 11.1. The lowest BCUT2D eigenvalue weighted by Crippen LogP contribution is -2.37. The molecule has 1 aromatic heterocycles. The van der Waals surface area contributed by atoms with Crippen LogP contribution >= 0.6 is 22.9 Å². The molecular formula is C11H14ClNO2S. The van der Waals surface area contributed by atoms with Crippen LogP contribution in [0.4, 0.5) is 0 Å². The Balaban J connectivity index is 2.15. The summed E-state index contributed by atoms with van der Waals surface area (Å²) in [6, 6.07) is 1.72. The summed E-state index contributed by atoms with van der Waals surface area (Å²) < 4.78 is 0.757. The van der Waals surface area contributed by atoms with Gasteiger partial charge in [0.25, 0.3) is 0 Å². The van der Waals surface area contributed by atoms with Gasteiger partial charge < -0.3 is 5.11 Å². The summed E-state index contributed by atoms with van der Waals surface area (Å²) in [5.74, 6) is -0.717. The summed E-state index contributed by atoms with van der Waals surface area (Å²) in [5, 5.41) is 11.1. The SMILES string of the molecule is CC(c1csc(Cl)c1)N1CCCC1C(=O)O. The van der Waals surface area contributed by atoms with Gasteiger partial charge in [-0.1, -0.05) is 11.6 Å². The van der Waals surface area contributed by atoms with Gasteiger partial charge >= 0.3 is 5.97 Å². The van der Waals surface area contributed by atoms with Gasteiger partial charge in [0.2, 0.25) is 0 Å². The third-order valence-electron chi connectivity index (χ3n) is 3.15. The number of nitrogens with zero attached hydrogens (tertiary/aromatic N) is 1. The molecule has 0 aliphatic carbocycles. The molecule has 0 radical (unpaired) electrons. The van der Waals surface area contributed by atoms with Crippen molar-refractivity contribution in [2.45, 2.75) is 31.8 Å². The molecule has 1 aliphatic rings. The van der Waals surface area contributed by atoms with E-state index in [-0.39, 0.29) is 12.1 Å². The predicted octanol–water partition coefficient (Wildman–Crippen LogP) is 3.01. The minimum atomic E-state index is -0.717. The van der Waals surface area contributed by atoms with Crippen molar-refractivity contribution < 1.29 is 9.90 Å². The highest BCUT2D eigenvalue weighted by Crippen LogP contribution is 2.32. The summed E-state index contributed by atoms with van der Waals surface area (Å²) in [6.07, 6.45) is 1.71. The van der Waals surface area contributed by atoms with Crippen LogP contribution in [0.25, 0.3) is 0 Å². The molecule has 1 N–H and O–H groups in total. The van der Waals surface area contributed by atoms with E-state index < -0.39 is 5.97 Å². The van der Waals surface area contributed by atoms with Gasteiger partial charge in [-0.05, 0) is 43.3 Å². The summed E-state index contributed by atoms with van der Waals surface area (Å²) in [6.45, 7) is 2.89. The molecule has 1 fully saturated rings. The second-order valence-corrected chi connectivity index (χ2v) is 5.64. The van der Waals surface area contributed by atoms with Crippen LogP contribution in [0.2, 0.25) is 4.34 Å². The molecule has 0 aromatic carbocycles. The lowest BCUT2D eigenvalue weighted by atomic mass is 10.1. The second kappa shape index (κ2) is 4.73. The average molecular weight is 260 g/mol. The minimum absolute atomic E-state index is 0.132. The summed E-state index contributed by atoms with van der Waals surface area (Å²) >= 11 is 7.39. The molecule has 2 unspecified atom stereocenters. The first kappa shape index (κ1) is 11.9. The highest BCUT2D eigenvalue weighted by molar-refractivity contribution is 7.14. The largest absolute Gasteiger partial charge is 0.480 e. The van der Waals surface area contributed by atoms with Gasteiger partial charge in [-0.15, -0.1) is 11.3 Å². The number of thiophene rings is 1. The Morgan fingerprint density at radius 2 is 2.50 bits per heavy atom. The fourth-order valence-corrected chi connectivity index (χ4v) is 3.23. The van der Waals surface area contributed by atoms with Crippen LogP contribution in [0.5, 0.6) is 0 Å². The van der Waals surface area contributed by atoms with Crippen molar-refractivity contribution in [3.8, 4) is 0 Å². The molecule has 1 saturated heterocycles. The van der Waals surface area contributed by atoms with Gasteiger partial charge in [0.05, 0.1) is 4.34 Å². The van der Waals surface area contributed by atoms with E-state index in [0.717, 1.165) is 29.3 Å². The van der Waals surface area contributed by atoms with E-state index in [9.17, 15) is 4.79 Å². The third kappa shape index (κ3) is 2.24. The molecule has 2 heterocycles. The minimum Gasteiger partial charge on any atom is -0.480 e. The molecule has 2 atom stereocenters. The third-order valence-corrected chi connectivity index (χ3v) is 4.26. The molecule has 3 nitrogen and oxygen atoms in total. The van der Waals surface area contributed by atoms with Crippen LogP contribution in [0.3, 0.4) is 0 Å². The molecule has 16 heavy (non-hydrogen) atoms. The van der Waals surface area contributed by atoms with Gasteiger partial charge in [0.15, 0.2) is 0 Å². The van der Waals surface area contributed by atoms with Crippen LogP contribution in [-0.4, -0.2) is 28.6 Å². The van der Waals surface area contributed by atoms with Crippen LogP contribution in [0.15, 0.2) is 11.4 Å². The molecule has 88 valence electrons. The van der Waals surface area contributed by atoms with E-state index in [1.54, 1.807) is 0 Å². The van der Waals surface area contributed by atoms with Gasteiger partial charge in [-0.2, -0.15) is 0 Å². The van der Waals surface area contributed by atoms with Gasteiger partial charge in [0.1, 0.15) is 6.04 Å². The van der Waals surface area contributed by atoms with Crippen LogP contribution < -0.4 is 0 Å². The standard InChI is InChI=1S/C11H14ClNO2S/c1-7(8-5-10(12)16-6-8)13-4-2-3-9(13)11(14)15/h5-7,9H,2-4H2,1H3,(H,14,15). The first-order valence-electron chi connectivity index (χ1n) is 5.32. The van der Waals surface area contributed by atoms with E-state index in [0.29, 0.717) is 0 Å². The van der Waals surface area contributed by atoms with Crippen molar-refractivity contribution in [3.05, 3.63) is 21.3 Å². The summed E-state index contributed by atoms with van der Waals surface area (Å²) in [4.78, 5) is 13.1. The zero-order valence-electron chi connectivity index (χ0n) is 9.02. The van der Waals surface area contributed by atoms with Crippen molar-refractivity contribution in [2.24, 2.45) is 0 Å². The van der Waals surface area contributed by atoms with E-state index in [2.05, 4.69) is 0 Å². The maximum atomic E-state index is 11.1. The van der Waals surface area contributed by atoms with Crippen molar-refractivity contribution in [2.75, 3.05) is 6.54 Å². The van der Waals surface area contributed by atoms with Gasteiger partial charge in [-0.25, -0.2) is 0 Å². The highest BCUT2D eigenvalue weighted by Gasteiger charge is 2.34. The predicted molar refractivity (Wildman–Crippen MR) is 65.1 cm³/mol. The molecular weight excluding hydrogens is 246 g/mol. The number of rotatable bonds is 3. The Bertz CT molecular complexity index is 393. The Kier molecular flexibility index (Phi) is 3.52. The first-order valence-corrected chi connectivity index (χ1v) is 6.58. The fraction of sp³-hybridized carbons (Fsp3) is 0.545. The quantitative estimate of drug-likeness (QED) is 0.907. The number of carboxylic acids is 1. The number of aliphatic carboxylic acids is 1. The summed E-state index contributed by atoms with van der Waals surface area (Å²) in [7, 11) is 0. The normalized spacial score (nSPS) is 23.5. The maximum Gasteiger partial charge on any atom is 0.320 e. The molecule has 0 amide bonds. The van der Waals surface area contributed by atoms with E-state index in [1.807, 2.05) is 23.3 Å². The molecule has 0 bridgehead atoms. The van der Waals surface area contributed by atoms with Crippen molar-refractivity contribution >= 4 is 28.9 Å². The van der Waals surface area contributed by atoms with Gasteiger partial charge in [-0.3, -0.25) is 9.69 Å². The van der Waals surface area contributed by atoms with E-state index in [1.165, 1.54) is 11.3 Å². The topological polar surface area (TPSA) is 40.5 Å². The Morgan fingerprint density at radius 1 is 1.75 bits per heavy atom. The lowest BCUT2D eigenvalue weighted by Gasteiger charge is -2.27. The lowest BCUT2D eigenvalue weighted by molar-refractivity contribution is -0.142. The van der Waals surface area contributed by atoms with E-state index in [4.69, 9.17) is 16.7 Å². The van der Waals surface area contributed by atoms with Gasteiger partial charge in [0, 0.05) is 6.04 Å². The molecule has 2 rings (SSSR count). The zero-order valence-corrected chi connectivity index (χ0v) is 10.6. The number of likely N-dealkylation sites (tertiary alicyclic amines) is 1. The number of carbonyl (C=O) groups is 1. The smallest absolute Gasteiger partial charge is 0.320 e. The average Bonchev–Trinajstić information content (AvgIpc) is 2.84. The van der Waals surface area contributed by atoms with Crippen LogP contribution in [0.1, 0.15) is 31.4 Å². The van der Waals surface area contributed by atoms with Crippen LogP contribution in [-0.2, 0) is 4.79 Å². The number of hydrogen-bond donors (Lipinski definition) is 1. The number of halogens is 1. The number of hydrogen-bond acceptors (Lipinski definition) is 3. The Hall–Kier alpha value is -0.580. The second-order valence-electron chi connectivity index (χ2n) is 4.09. The van der Waals surface area contributed by atoms with Crippen molar-refractivity contribution in [3.63, 3.8) is 0 Å². The monoisotopic (exact) mass is 259 g/mol.